The number of nitrogens with one attached hydrogen (secondary N) is 2. The fourth-order valence-electron chi connectivity index (χ4n) is 3.88. The van der Waals surface area contributed by atoms with Crippen LogP contribution in [0.15, 0.2) is 42.5 Å². The van der Waals surface area contributed by atoms with Gasteiger partial charge in [0.15, 0.2) is 0 Å². The third-order valence-corrected chi connectivity index (χ3v) is 5.48. The Bertz CT molecular complexity index is 921. The van der Waals surface area contributed by atoms with Gasteiger partial charge in [0.25, 0.3) is 5.91 Å². The van der Waals surface area contributed by atoms with Gasteiger partial charge in [-0.25, -0.2) is 19.6 Å². The highest BCUT2D eigenvalue weighted by molar-refractivity contribution is 5.96. The Balaban J connectivity index is 1.44. The molecule has 2 aliphatic heterocycles. The van der Waals surface area contributed by atoms with Crippen LogP contribution < -0.4 is 15.8 Å². The second-order valence-electron chi connectivity index (χ2n) is 7.55. The number of anilines is 1. The van der Waals surface area contributed by atoms with Gasteiger partial charge >= 0.3 is 6.03 Å². The van der Waals surface area contributed by atoms with Crippen LogP contribution in [0.4, 0.5) is 14.9 Å². The van der Waals surface area contributed by atoms with Gasteiger partial charge in [0.05, 0.1) is 5.69 Å². The van der Waals surface area contributed by atoms with Gasteiger partial charge in [0.2, 0.25) is 0 Å². The topological polar surface area (TPSA) is 64.7 Å². The zero-order valence-electron chi connectivity index (χ0n) is 16.0. The fraction of sp³-hybridized carbons (Fsp3) is 0.333. The van der Waals surface area contributed by atoms with Crippen molar-refractivity contribution in [3.63, 3.8) is 0 Å². The Hall–Kier alpha value is -2.93. The van der Waals surface area contributed by atoms with Crippen molar-refractivity contribution >= 4 is 17.6 Å². The van der Waals surface area contributed by atoms with Crippen molar-refractivity contribution in [2.75, 3.05) is 18.1 Å². The quantitative estimate of drug-likeness (QED) is 0.839. The Kier molecular flexibility index (Phi) is 4.55. The summed E-state index contributed by atoms with van der Waals surface area (Å²) in [5.74, 6) is -0.330. The lowest BCUT2D eigenvalue weighted by atomic mass is 9.96. The van der Waals surface area contributed by atoms with Crippen LogP contribution in [-0.4, -0.2) is 35.6 Å². The van der Waals surface area contributed by atoms with Gasteiger partial charge in [-0.3, -0.25) is 4.79 Å². The molecule has 3 amide bonds. The molecule has 28 heavy (non-hydrogen) atoms. The zero-order chi connectivity index (χ0) is 19.9. The summed E-state index contributed by atoms with van der Waals surface area (Å²) >= 11 is 0. The molecule has 4 rings (SSSR count). The van der Waals surface area contributed by atoms with Crippen LogP contribution in [0.25, 0.3) is 0 Å². The molecule has 2 aromatic rings. The van der Waals surface area contributed by atoms with Crippen LogP contribution in [0.2, 0.25) is 0 Å². The molecule has 2 aromatic carbocycles. The molecule has 2 N–H and O–H groups in total. The number of halogens is 1. The van der Waals surface area contributed by atoms with Crippen molar-refractivity contribution in [1.82, 2.24) is 15.6 Å². The molecule has 2 fully saturated rings. The van der Waals surface area contributed by atoms with Crippen molar-refractivity contribution in [2.24, 2.45) is 0 Å². The van der Waals surface area contributed by atoms with E-state index >= 15 is 0 Å². The standard InChI is InChI=1S/C21H23FN4O2/c1-14-3-8-18(15(2)13-14)19(27)25-11-9-21(10-12-25)23-20(28)26(24-21)17-6-4-16(22)5-7-17/h3-8,13,24H,9-12H2,1-2H3,(H,23,28). The minimum atomic E-state index is -0.593. The van der Waals surface area contributed by atoms with Gasteiger partial charge in [0.1, 0.15) is 11.5 Å². The zero-order valence-corrected chi connectivity index (χ0v) is 16.0. The third kappa shape index (κ3) is 3.33. The maximum Gasteiger partial charge on any atom is 0.338 e. The average Bonchev–Trinajstić information content (AvgIpc) is 2.98. The Morgan fingerprint density at radius 2 is 1.75 bits per heavy atom. The van der Waals surface area contributed by atoms with Crippen LogP contribution in [0, 0.1) is 19.7 Å². The number of benzene rings is 2. The number of carbonyl (C=O) groups excluding carboxylic acids is 2. The van der Waals surface area contributed by atoms with Gasteiger partial charge in [-0.1, -0.05) is 17.7 Å². The van der Waals surface area contributed by atoms with Gasteiger partial charge < -0.3 is 10.2 Å². The molecule has 2 aliphatic rings. The predicted octanol–water partition coefficient (Wildman–Crippen LogP) is 3.11. The number of urea groups is 1. The molecular weight excluding hydrogens is 359 g/mol. The van der Waals surface area contributed by atoms with Gasteiger partial charge in [0, 0.05) is 31.5 Å². The SMILES string of the molecule is Cc1ccc(C(=O)N2CCC3(CC2)NC(=O)N(c2ccc(F)cc2)N3)c(C)c1. The molecule has 2 saturated heterocycles. The molecule has 1 spiro atoms. The largest absolute Gasteiger partial charge is 0.338 e. The molecule has 6 nitrogen and oxygen atoms in total. The molecule has 2 heterocycles. The fourth-order valence-corrected chi connectivity index (χ4v) is 3.88. The van der Waals surface area contributed by atoms with E-state index in [1.165, 1.54) is 17.1 Å². The van der Waals surface area contributed by atoms with E-state index in [0.29, 0.717) is 31.6 Å². The Labute approximate surface area is 163 Å². The van der Waals surface area contributed by atoms with Crippen molar-refractivity contribution in [3.8, 4) is 0 Å². The number of hydrogen-bond acceptors (Lipinski definition) is 3. The summed E-state index contributed by atoms with van der Waals surface area (Å²) in [6.45, 7) is 5.03. The first-order valence-electron chi connectivity index (χ1n) is 9.39. The lowest BCUT2D eigenvalue weighted by molar-refractivity contribution is 0.0640. The van der Waals surface area contributed by atoms with Crippen molar-refractivity contribution in [2.45, 2.75) is 32.4 Å². The number of nitrogens with zero attached hydrogens (tertiary/aromatic N) is 2. The summed E-state index contributed by atoms with van der Waals surface area (Å²) in [7, 11) is 0. The van der Waals surface area contributed by atoms with E-state index in [-0.39, 0.29) is 17.8 Å². The van der Waals surface area contributed by atoms with Crippen molar-refractivity contribution in [3.05, 3.63) is 65.0 Å². The normalized spacial score (nSPS) is 18.5. The Morgan fingerprint density at radius 1 is 1.07 bits per heavy atom. The van der Waals surface area contributed by atoms with E-state index in [1.54, 1.807) is 12.1 Å². The summed E-state index contributed by atoms with van der Waals surface area (Å²) in [6, 6.07) is 11.3. The predicted molar refractivity (Wildman–Crippen MR) is 104 cm³/mol. The highest BCUT2D eigenvalue weighted by Crippen LogP contribution is 2.28. The van der Waals surface area contributed by atoms with Gasteiger partial charge in [-0.2, -0.15) is 0 Å². The third-order valence-electron chi connectivity index (χ3n) is 5.48. The Morgan fingerprint density at radius 3 is 2.39 bits per heavy atom. The van der Waals surface area contributed by atoms with Crippen LogP contribution in [-0.2, 0) is 0 Å². The first-order valence-corrected chi connectivity index (χ1v) is 9.39. The molecule has 0 aliphatic carbocycles. The first-order chi connectivity index (χ1) is 13.4. The summed E-state index contributed by atoms with van der Waals surface area (Å²) < 4.78 is 13.2. The lowest BCUT2D eigenvalue weighted by Gasteiger charge is -2.39. The second kappa shape index (κ2) is 6.91. The summed E-state index contributed by atoms with van der Waals surface area (Å²) in [5, 5.41) is 4.40. The van der Waals surface area contributed by atoms with E-state index in [1.807, 2.05) is 36.9 Å². The van der Waals surface area contributed by atoms with E-state index < -0.39 is 5.66 Å². The van der Waals surface area contributed by atoms with Crippen LogP contribution >= 0.6 is 0 Å². The molecule has 7 heteroatoms. The molecule has 146 valence electrons. The number of hydrogen-bond donors (Lipinski definition) is 2. The van der Waals surface area contributed by atoms with Crippen LogP contribution in [0.3, 0.4) is 0 Å². The monoisotopic (exact) mass is 382 g/mol. The number of aryl methyl sites for hydroxylation is 2. The highest BCUT2D eigenvalue weighted by Gasteiger charge is 2.45. The maximum atomic E-state index is 13.2. The van der Waals surface area contributed by atoms with E-state index in [4.69, 9.17) is 0 Å². The summed E-state index contributed by atoms with van der Waals surface area (Å²) in [5.41, 5.74) is 6.03. The van der Waals surface area contributed by atoms with Crippen LogP contribution in [0.5, 0.6) is 0 Å². The molecular formula is C21H23FN4O2. The minimum Gasteiger partial charge on any atom is -0.338 e. The molecule has 0 radical (unpaired) electrons. The molecule has 0 unspecified atom stereocenters. The highest BCUT2D eigenvalue weighted by atomic mass is 19.1. The van der Waals surface area contributed by atoms with E-state index in [0.717, 1.165) is 16.7 Å². The number of piperidine rings is 1. The van der Waals surface area contributed by atoms with Gasteiger partial charge in [-0.05, 0) is 49.7 Å². The number of carbonyl (C=O) groups is 2. The van der Waals surface area contributed by atoms with Crippen LogP contribution in [0.1, 0.15) is 34.3 Å². The van der Waals surface area contributed by atoms with E-state index in [2.05, 4.69) is 10.7 Å². The number of amides is 3. The minimum absolute atomic E-state index is 0.0204. The summed E-state index contributed by atoms with van der Waals surface area (Å²) in [6.07, 6.45) is 1.18. The number of likely N-dealkylation sites (tertiary alicyclic amines) is 1. The smallest absolute Gasteiger partial charge is 0.338 e. The van der Waals surface area contributed by atoms with Gasteiger partial charge in [-0.15, -0.1) is 0 Å². The van der Waals surface area contributed by atoms with E-state index in [9.17, 15) is 14.0 Å². The molecule has 0 aromatic heterocycles. The summed E-state index contributed by atoms with van der Waals surface area (Å²) in [4.78, 5) is 27.1. The number of hydrazine groups is 1. The van der Waals surface area contributed by atoms with Crippen molar-refractivity contribution in [1.29, 1.82) is 0 Å². The molecule has 0 atom stereocenters. The van der Waals surface area contributed by atoms with Crippen molar-refractivity contribution < 1.29 is 14.0 Å². The lowest BCUT2D eigenvalue weighted by Crippen LogP contribution is -2.58. The molecule has 0 bridgehead atoms. The second-order valence-corrected chi connectivity index (χ2v) is 7.55. The molecule has 0 saturated carbocycles. The average molecular weight is 382 g/mol. The first kappa shape index (κ1) is 18.4. The number of rotatable bonds is 2. The maximum absolute atomic E-state index is 13.2.